The van der Waals surface area contributed by atoms with Crippen molar-refractivity contribution in [2.75, 3.05) is 13.6 Å². The maximum atomic E-state index is 11.6. The molecule has 0 unspecified atom stereocenters. The number of rotatable bonds is 1. The van der Waals surface area contributed by atoms with E-state index >= 15 is 0 Å². The number of carbonyl (C=O) groups excluding carboxylic acids is 1. The Labute approximate surface area is 130 Å². The number of ether oxygens (including phenoxy) is 1. The van der Waals surface area contributed by atoms with Gasteiger partial charge in [-0.2, -0.15) is 0 Å². The van der Waals surface area contributed by atoms with Gasteiger partial charge in [-0.25, -0.2) is 0 Å². The summed E-state index contributed by atoms with van der Waals surface area (Å²) < 4.78 is 5.77. The first-order valence-electron chi connectivity index (χ1n) is 8.02. The Balaban J connectivity index is 1.88. The van der Waals surface area contributed by atoms with Crippen LogP contribution in [-0.4, -0.2) is 41.6 Å². The van der Waals surface area contributed by atoms with E-state index in [0.29, 0.717) is 12.0 Å². The Bertz CT molecular complexity index is 736. The number of carbonyl (C=O) groups is 1. The summed E-state index contributed by atoms with van der Waals surface area (Å²) in [7, 11) is 2.19. The zero-order valence-electron chi connectivity index (χ0n) is 13.3. The number of likely N-dealkylation sites (tertiary alicyclic amines) is 1. The molecule has 1 aliphatic carbocycles. The number of piperidine rings is 1. The summed E-state index contributed by atoms with van der Waals surface area (Å²) in [6.45, 7) is 4.67. The van der Waals surface area contributed by atoms with Crippen molar-refractivity contribution in [1.29, 1.82) is 0 Å². The molecule has 4 heteroatoms. The highest BCUT2D eigenvalue weighted by Gasteiger charge is 2.46. The molecule has 0 spiro atoms. The molecule has 1 fully saturated rings. The van der Waals surface area contributed by atoms with E-state index in [0.717, 1.165) is 13.0 Å². The quantitative estimate of drug-likeness (QED) is 0.823. The topological polar surface area (TPSA) is 45.3 Å². The third-order valence-corrected chi connectivity index (χ3v) is 5.38. The Morgan fingerprint density at radius 2 is 2.23 bits per heavy atom. The number of hydrogen-bond acceptors (Lipinski definition) is 3. The van der Waals surface area contributed by atoms with E-state index in [2.05, 4.69) is 48.3 Å². The summed E-state index contributed by atoms with van der Waals surface area (Å²) >= 11 is 0. The first-order chi connectivity index (χ1) is 10.6. The molecule has 116 valence electrons. The molecule has 0 saturated carbocycles. The number of H-pyrrole nitrogens is 1. The van der Waals surface area contributed by atoms with E-state index in [9.17, 15) is 4.79 Å². The summed E-state index contributed by atoms with van der Waals surface area (Å²) in [5.74, 6) is 0.419. The fraction of sp³-hybridized carbons (Fsp3) is 0.500. The van der Waals surface area contributed by atoms with Gasteiger partial charge in [-0.1, -0.05) is 19.1 Å². The molecule has 4 rings (SSSR count). The standard InChI is InChI=1S/C18H22N2O2/c1-10-9-20(3)15-7-12-8-19-14-6-4-5-13(16(12)14)17(15)18(10)22-11(2)21/h4-6,8,10,15,17-19H,7,9H2,1-3H3/t10-,15+,17+,18+/m0/s1. The summed E-state index contributed by atoms with van der Waals surface area (Å²) in [6.07, 6.45) is 3.12. The summed E-state index contributed by atoms with van der Waals surface area (Å²) in [4.78, 5) is 17.4. The van der Waals surface area contributed by atoms with Gasteiger partial charge < -0.3 is 14.6 Å². The van der Waals surface area contributed by atoms with Crippen LogP contribution in [0.25, 0.3) is 10.9 Å². The summed E-state index contributed by atoms with van der Waals surface area (Å²) in [5.41, 5.74) is 3.90. The van der Waals surface area contributed by atoms with Crippen molar-refractivity contribution < 1.29 is 9.53 Å². The van der Waals surface area contributed by atoms with Crippen molar-refractivity contribution >= 4 is 16.9 Å². The number of likely N-dealkylation sites (N-methyl/N-ethyl adjacent to an activating group) is 1. The predicted octanol–water partition coefficient (Wildman–Crippen LogP) is 2.69. The largest absolute Gasteiger partial charge is 0.462 e. The van der Waals surface area contributed by atoms with E-state index in [4.69, 9.17) is 4.74 Å². The molecule has 4 nitrogen and oxygen atoms in total. The first kappa shape index (κ1) is 13.8. The van der Waals surface area contributed by atoms with Gasteiger partial charge in [0.05, 0.1) is 0 Å². The third-order valence-electron chi connectivity index (χ3n) is 5.38. The Hall–Kier alpha value is -1.81. The highest BCUT2D eigenvalue weighted by molar-refractivity contribution is 5.88. The number of aromatic amines is 1. The fourth-order valence-corrected chi connectivity index (χ4v) is 4.54. The number of benzene rings is 1. The van der Waals surface area contributed by atoms with Gasteiger partial charge in [-0.05, 0) is 30.7 Å². The fourth-order valence-electron chi connectivity index (χ4n) is 4.54. The average molecular weight is 298 g/mol. The van der Waals surface area contributed by atoms with Crippen LogP contribution >= 0.6 is 0 Å². The minimum Gasteiger partial charge on any atom is -0.462 e. The second-order valence-electron chi connectivity index (χ2n) is 6.87. The first-order valence-corrected chi connectivity index (χ1v) is 8.02. The van der Waals surface area contributed by atoms with Gasteiger partial charge in [0.15, 0.2) is 0 Å². The molecule has 2 heterocycles. The molecule has 0 amide bonds. The van der Waals surface area contributed by atoms with Gasteiger partial charge in [0.1, 0.15) is 6.10 Å². The minimum atomic E-state index is -0.174. The number of fused-ring (bicyclic) bond motifs is 2. The van der Waals surface area contributed by atoms with Crippen LogP contribution in [0.5, 0.6) is 0 Å². The molecule has 1 aromatic carbocycles. The van der Waals surface area contributed by atoms with Gasteiger partial charge in [-0.15, -0.1) is 0 Å². The lowest BCUT2D eigenvalue weighted by molar-refractivity contribution is -0.155. The summed E-state index contributed by atoms with van der Waals surface area (Å²) in [5, 5.41) is 1.34. The van der Waals surface area contributed by atoms with Crippen LogP contribution in [0.2, 0.25) is 0 Å². The van der Waals surface area contributed by atoms with Crippen LogP contribution in [0.4, 0.5) is 0 Å². The van der Waals surface area contributed by atoms with Crippen molar-refractivity contribution in [1.82, 2.24) is 9.88 Å². The molecular weight excluding hydrogens is 276 g/mol. The van der Waals surface area contributed by atoms with Gasteiger partial charge in [0.25, 0.3) is 0 Å². The number of hydrogen-bond donors (Lipinski definition) is 1. The minimum absolute atomic E-state index is 0.0349. The van der Waals surface area contributed by atoms with Crippen molar-refractivity contribution in [3.63, 3.8) is 0 Å². The lowest BCUT2D eigenvalue weighted by atomic mass is 9.71. The van der Waals surface area contributed by atoms with Crippen LogP contribution in [0.15, 0.2) is 24.4 Å². The number of aromatic nitrogens is 1. The predicted molar refractivity (Wildman–Crippen MR) is 85.9 cm³/mol. The number of nitrogens with zero attached hydrogens (tertiary/aromatic N) is 1. The van der Waals surface area contributed by atoms with E-state index in [1.54, 1.807) is 0 Å². The second kappa shape index (κ2) is 4.85. The maximum absolute atomic E-state index is 11.6. The Morgan fingerprint density at radius 1 is 1.41 bits per heavy atom. The lowest BCUT2D eigenvalue weighted by Crippen LogP contribution is -2.55. The molecule has 22 heavy (non-hydrogen) atoms. The average Bonchev–Trinajstić information content (AvgIpc) is 2.88. The molecule has 2 aromatic rings. The van der Waals surface area contributed by atoms with Crippen molar-refractivity contribution in [3.05, 3.63) is 35.5 Å². The van der Waals surface area contributed by atoms with Crippen LogP contribution in [0.3, 0.4) is 0 Å². The monoisotopic (exact) mass is 298 g/mol. The zero-order chi connectivity index (χ0) is 15.4. The van der Waals surface area contributed by atoms with Crippen molar-refractivity contribution in [3.8, 4) is 0 Å². The van der Waals surface area contributed by atoms with Crippen molar-refractivity contribution in [2.24, 2.45) is 5.92 Å². The van der Waals surface area contributed by atoms with Crippen LogP contribution in [-0.2, 0) is 16.0 Å². The van der Waals surface area contributed by atoms with E-state index in [-0.39, 0.29) is 18.0 Å². The molecule has 1 saturated heterocycles. The lowest BCUT2D eigenvalue weighted by Gasteiger charge is -2.48. The molecule has 4 atom stereocenters. The molecule has 1 aromatic heterocycles. The van der Waals surface area contributed by atoms with Gasteiger partial charge >= 0.3 is 5.97 Å². The highest BCUT2D eigenvalue weighted by Crippen LogP contribution is 2.45. The van der Waals surface area contributed by atoms with E-state index in [1.807, 2.05) is 0 Å². The van der Waals surface area contributed by atoms with Gasteiger partial charge in [-0.3, -0.25) is 4.79 Å². The van der Waals surface area contributed by atoms with E-state index in [1.165, 1.54) is 29.0 Å². The Morgan fingerprint density at radius 3 is 3.00 bits per heavy atom. The molecule has 1 N–H and O–H groups in total. The third kappa shape index (κ3) is 1.90. The van der Waals surface area contributed by atoms with Gasteiger partial charge in [0.2, 0.25) is 0 Å². The maximum Gasteiger partial charge on any atom is 0.302 e. The molecule has 1 aliphatic heterocycles. The van der Waals surface area contributed by atoms with Crippen LogP contribution < -0.4 is 0 Å². The normalized spacial score (nSPS) is 31.0. The van der Waals surface area contributed by atoms with Crippen LogP contribution in [0.1, 0.15) is 30.9 Å². The highest BCUT2D eigenvalue weighted by atomic mass is 16.5. The molecule has 0 bridgehead atoms. The smallest absolute Gasteiger partial charge is 0.302 e. The summed E-state index contributed by atoms with van der Waals surface area (Å²) in [6, 6.07) is 6.83. The van der Waals surface area contributed by atoms with Crippen LogP contribution in [0, 0.1) is 5.92 Å². The van der Waals surface area contributed by atoms with E-state index < -0.39 is 0 Å². The molecule has 0 radical (unpaired) electrons. The number of nitrogens with one attached hydrogen (secondary N) is 1. The number of esters is 1. The van der Waals surface area contributed by atoms with Gasteiger partial charge in [0, 0.05) is 48.4 Å². The molecular formula is C18H22N2O2. The van der Waals surface area contributed by atoms with Crippen molar-refractivity contribution in [2.45, 2.75) is 38.3 Å². The second-order valence-corrected chi connectivity index (χ2v) is 6.87. The molecule has 2 aliphatic rings. The SMILES string of the molecule is CC(=O)O[C@H]1[C@@H]2c3cccc4[nH]cc(c34)C[C@H]2N(C)C[C@@H]1C. The Kier molecular flexibility index (Phi) is 3.05. The zero-order valence-corrected chi connectivity index (χ0v) is 13.3.